The van der Waals surface area contributed by atoms with E-state index in [1.165, 1.54) is 0 Å². The van der Waals surface area contributed by atoms with E-state index in [0.717, 1.165) is 0 Å². The predicted octanol–water partition coefficient (Wildman–Crippen LogP) is -0.216. The van der Waals surface area contributed by atoms with Crippen LogP contribution in [0, 0.1) is 0 Å². The summed E-state index contributed by atoms with van der Waals surface area (Å²) in [4.78, 5) is 12.4. The number of carbonyl (C=O) groups excluding carboxylic acids is 1. The van der Waals surface area contributed by atoms with E-state index in [0.29, 0.717) is 6.54 Å². The van der Waals surface area contributed by atoms with Crippen molar-refractivity contribution in [1.29, 1.82) is 0 Å². The highest BCUT2D eigenvalue weighted by Crippen LogP contribution is 2.15. The number of nitrogens with two attached hydrogens (primary N) is 1. The molecule has 0 saturated carbocycles. The molecule has 2 atom stereocenters. The number of hydrogen-bond donors (Lipinski definition) is 1. The topological polar surface area (TPSA) is 55.6 Å². The van der Waals surface area contributed by atoms with Crippen LogP contribution >= 0.6 is 0 Å². The van der Waals surface area contributed by atoms with Crippen molar-refractivity contribution in [3.63, 3.8) is 0 Å². The van der Waals surface area contributed by atoms with Crippen LogP contribution in [0.4, 0.5) is 4.79 Å². The molecule has 4 heteroatoms. The molecule has 0 spiro atoms. The number of cyclic esters (lactones) is 1. The average Bonchev–Trinajstić information content (AvgIpc) is 2.17. The van der Waals surface area contributed by atoms with E-state index in [1.807, 2.05) is 6.92 Å². The minimum absolute atomic E-state index is 0.109. The Morgan fingerprint density at radius 2 is 2.40 bits per heavy atom. The highest BCUT2D eigenvalue weighted by atomic mass is 16.6. The molecule has 0 radical (unpaired) electrons. The van der Waals surface area contributed by atoms with Crippen molar-refractivity contribution in [2.24, 2.45) is 5.73 Å². The first-order valence-corrected chi connectivity index (χ1v) is 3.30. The fourth-order valence-corrected chi connectivity index (χ4v) is 0.972. The summed E-state index contributed by atoms with van der Waals surface area (Å²) in [5.41, 5.74) is 5.34. The molecule has 1 heterocycles. The number of ether oxygens (including phenoxy) is 1. The van der Waals surface area contributed by atoms with Crippen LogP contribution in [0.15, 0.2) is 0 Å². The first kappa shape index (κ1) is 7.34. The molecule has 1 aliphatic heterocycles. The average molecular weight is 144 g/mol. The van der Waals surface area contributed by atoms with Gasteiger partial charge in [0.25, 0.3) is 0 Å². The van der Waals surface area contributed by atoms with Crippen molar-refractivity contribution >= 4 is 6.09 Å². The van der Waals surface area contributed by atoms with E-state index in [4.69, 9.17) is 10.5 Å². The van der Waals surface area contributed by atoms with E-state index in [1.54, 1.807) is 11.9 Å². The quantitative estimate of drug-likeness (QED) is 0.553. The summed E-state index contributed by atoms with van der Waals surface area (Å²) >= 11 is 0. The summed E-state index contributed by atoms with van der Waals surface area (Å²) in [6, 6.07) is 0.109. The third kappa shape index (κ3) is 0.945. The number of amides is 1. The van der Waals surface area contributed by atoms with E-state index in [9.17, 15) is 4.79 Å². The SMILES string of the molecule is CC1C(CN)OC(=O)N1C. The second-order valence-electron chi connectivity index (χ2n) is 2.51. The van der Waals surface area contributed by atoms with Gasteiger partial charge in [0.2, 0.25) is 0 Å². The molecule has 0 aliphatic carbocycles. The monoisotopic (exact) mass is 144 g/mol. The molecule has 1 saturated heterocycles. The fraction of sp³-hybridized carbons (Fsp3) is 0.833. The maximum atomic E-state index is 10.8. The minimum atomic E-state index is -0.275. The maximum Gasteiger partial charge on any atom is 0.410 e. The second kappa shape index (κ2) is 2.46. The van der Waals surface area contributed by atoms with Crippen LogP contribution in [0.2, 0.25) is 0 Å². The minimum Gasteiger partial charge on any atom is -0.443 e. The lowest BCUT2D eigenvalue weighted by molar-refractivity contribution is 0.134. The van der Waals surface area contributed by atoms with Crippen LogP contribution in [-0.2, 0) is 4.74 Å². The first-order valence-electron chi connectivity index (χ1n) is 3.30. The molecular formula is C6H12N2O2. The van der Waals surface area contributed by atoms with Gasteiger partial charge in [0.1, 0.15) is 6.10 Å². The van der Waals surface area contributed by atoms with Gasteiger partial charge in [0.05, 0.1) is 6.04 Å². The zero-order chi connectivity index (χ0) is 7.72. The fourth-order valence-electron chi connectivity index (χ4n) is 0.972. The van der Waals surface area contributed by atoms with Gasteiger partial charge in [-0.2, -0.15) is 0 Å². The molecule has 1 fully saturated rings. The van der Waals surface area contributed by atoms with E-state index in [2.05, 4.69) is 0 Å². The molecule has 4 nitrogen and oxygen atoms in total. The number of carbonyl (C=O) groups is 1. The molecule has 58 valence electrons. The smallest absolute Gasteiger partial charge is 0.410 e. The summed E-state index contributed by atoms with van der Waals surface area (Å²) in [6.45, 7) is 2.32. The number of hydrogen-bond acceptors (Lipinski definition) is 3. The second-order valence-corrected chi connectivity index (χ2v) is 2.51. The van der Waals surface area contributed by atoms with Crippen LogP contribution in [0.25, 0.3) is 0 Å². The molecule has 2 unspecified atom stereocenters. The molecule has 1 rings (SSSR count). The molecule has 10 heavy (non-hydrogen) atoms. The highest BCUT2D eigenvalue weighted by molar-refractivity contribution is 5.70. The predicted molar refractivity (Wildman–Crippen MR) is 36.5 cm³/mol. The summed E-state index contributed by atoms with van der Waals surface area (Å²) < 4.78 is 4.90. The lowest BCUT2D eigenvalue weighted by atomic mass is 10.2. The molecule has 0 aromatic carbocycles. The Morgan fingerprint density at radius 1 is 1.80 bits per heavy atom. The molecular weight excluding hydrogens is 132 g/mol. The highest BCUT2D eigenvalue weighted by Gasteiger charge is 2.34. The molecule has 2 N–H and O–H groups in total. The van der Waals surface area contributed by atoms with Gasteiger partial charge in [-0.25, -0.2) is 4.79 Å². The van der Waals surface area contributed by atoms with E-state index < -0.39 is 0 Å². The Hall–Kier alpha value is -0.770. The van der Waals surface area contributed by atoms with Crippen LogP contribution in [0.3, 0.4) is 0 Å². The third-order valence-corrected chi connectivity index (χ3v) is 1.92. The van der Waals surface area contributed by atoms with Gasteiger partial charge in [-0.05, 0) is 6.92 Å². The first-order chi connectivity index (χ1) is 4.66. The maximum absolute atomic E-state index is 10.8. The Kier molecular flexibility index (Phi) is 1.80. The van der Waals surface area contributed by atoms with Crippen molar-refractivity contribution in [2.45, 2.75) is 19.1 Å². The van der Waals surface area contributed by atoms with Crippen molar-refractivity contribution < 1.29 is 9.53 Å². The van der Waals surface area contributed by atoms with Crippen molar-refractivity contribution in [2.75, 3.05) is 13.6 Å². The lowest BCUT2D eigenvalue weighted by Crippen LogP contribution is -2.34. The van der Waals surface area contributed by atoms with E-state index in [-0.39, 0.29) is 18.2 Å². The summed E-state index contributed by atoms with van der Waals surface area (Å²) in [7, 11) is 1.71. The standard InChI is InChI=1S/C6H12N2O2/c1-4-5(3-7)10-6(9)8(4)2/h4-5H,3,7H2,1-2H3. The molecule has 1 aliphatic rings. The summed E-state index contributed by atoms with van der Waals surface area (Å²) in [5.74, 6) is 0. The Labute approximate surface area is 59.9 Å². The van der Waals surface area contributed by atoms with Gasteiger partial charge in [-0.3, -0.25) is 0 Å². The number of rotatable bonds is 1. The van der Waals surface area contributed by atoms with Gasteiger partial charge in [0, 0.05) is 13.6 Å². The Bertz CT molecular complexity index is 149. The summed E-state index contributed by atoms with van der Waals surface area (Å²) in [6.07, 6.45) is -0.402. The third-order valence-electron chi connectivity index (χ3n) is 1.92. The van der Waals surface area contributed by atoms with Crippen LogP contribution in [0.5, 0.6) is 0 Å². The zero-order valence-electron chi connectivity index (χ0n) is 6.20. The molecule has 1 amide bonds. The van der Waals surface area contributed by atoms with Crippen LogP contribution in [0.1, 0.15) is 6.92 Å². The van der Waals surface area contributed by atoms with Crippen molar-refractivity contribution in [1.82, 2.24) is 4.90 Å². The lowest BCUT2D eigenvalue weighted by Gasteiger charge is -2.13. The van der Waals surface area contributed by atoms with Gasteiger partial charge in [0.15, 0.2) is 0 Å². The van der Waals surface area contributed by atoms with Crippen molar-refractivity contribution in [3.8, 4) is 0 Å². The largest absolute Gasteiger partial charge is 0.443 e. The van der Waals surface area contributed by atoms with Gasteiger partial charge >= 0.3 is 6.09 Å². The molecule has 0 bridgehead atoms. The van der Waals surface area contributed by atoms with Gasteiger partial charge in [-0.15, -0.1) is 0 Å². The number of nitrogens with zero attached hydrogens (tertiary/aromatic N) is 1. The summed E-state index contributed by atoms with van der Waals surface area (Å²) in [5, 5.41) is 0. The molecule has 0 aromatic heterocycles. The van der Waals surface area contributed by atoms with Crippen LogP contribution in [-0.4, -0.2) is 36.7 Å². The van der Waals surface area contributed by atoms with Crippen molar-refractivity contribution in [3.05, 3.63) is 0 Å². The Morgan fingerprint density at radius 3 is 2.60 bits per heavy atom. The normalized spacial score (nSPS) is 32.7. The van der Waals surface area contributed by atoms with E-state index >= 15 is 0 Å². The Balaban J connectivity index is 2.61. The van der Waals surface area contributed by atoms with Crippen LogP contribution < -0.4 is 5.73 Å². The molecule has 0 aromatic rings. The number of likely N-dealkylation sites (N-methyl/N-ethyl adjacent to an activating group) is 1. The van der Waals surface area contributed by atoms with Gasteiger partial charge in [-0.1, -0.05) is 0 Å². The zero-order valence-corrected chi connectivity index (χ0v) is 6.20. The van der Waals surface area contributed by atoms with Gasteiger partial charge < -0.3 is 15.4 Å².